The van der Waals surface area contributed by atoms with Gasteiger partial charge in [-0.15, -0.1) is 0 Å². The summed E-state index contributed by atoms with van der Waals surface area (Å²) in [5.74, 6) is -1.17. The van der Waals surface area contributed by atoms with Crippen LogP contribution in [0.15, 0.2) is 64.4 Å². The second-order valence-electron chi connectivity index (χ2n) is 7.53. The molecule has 0 aliphatic carbocycles. The molecule has 1 fully saturated rings. The molecule has 0 amide bonds. The van der Waals surface area contributed by atoms with Gasteiger partial charge in [-0.05, 0) is 43.0 Å². The first-order valence-electron chi connectivity index (χ1n) is 9.19. The van der Waals surface area contributed by atoms with Gasteiger partial charge in [-0.25, -0.2) is 16.8 Å². The van der Waals surface area contributed by atoms with E-state index >= 15 is 0 Å². The maximum absolute atomic E-state index is 14.7. The summed E-state index contributed by atoms with van der Waals surface area (Å²) in [4.78, 5) is -0.348. The van der Waals surface area contributed by atoms with Crippen molar-refractivity contribution in [1.82, 2.24) is 4.31 Å². The highest BCUT2D eigenvalue weighted by Gasteiger charge is 2.50. The van der Waals surface area contributed by atoms with E-state index in [0.717, 1.165) is 22.0 Å². The van der Waals surface area contributed by atoms with Crippen LogP contribution in [0.25, 0.3) is 0 Å². The molecule has 2 aromatic rings. The quantitative estimate of drug-likeness (QED) is 0.682. The lowest BCUT2D eigenvalue weighted by atomic mass is 9.95. The van der Waals surface area contributed by atoms with Gasteiger partial charge in [0.05, 0.1) is 9.79 Å². The molecule has 1 aliphatic rings. The number of aryl methyl sites for hydroxylation is 1. The lowest BCUT2D eigenvalue weighted by Gasteiger charge is -2.22. The number of halogens is 2. The Labute approximate surface area is 170 Å². The molecule has 0 N–H and O–H groups in total. The van der Waals surface area contributed by atoms with Gasteiger partial charge < -0.3 is 0 Å². The molecule has 0 aromatic heterocycles. The average Bonchev–Trinajstić information content (AvgIpc) is 3.03. The molecule has 1 heterocycles. The van der Waals surface area contributed by atoms with Gasteiger partial charge in [-0.2, -0.15) is 13.1 Å². The van der Waals surface area contributed by atoms with Crippen molar-refractivity contribution in [2.45, 2.75) is 35.3 Å². The fraction of sp³-hybridized carbons (Fsp3) is 0.400. The maximum Gasteiger partial charge on any atom is 0.350 e. The Morgan fingerprint density at radius 2 is 1.52 bits per heavy atom. The van der Waals surface area contributed by atoms with E-state index in [2.05, 4.69) is 0 Å². The Bertz CT molecular complexity index is 1070. The van der Waals surface area contributed by atoms with Gasteiger partial charge in [0.15, 0.2) is 0 Å². The predicted octanol–water partition coefficient (Wildman–Crippen LogP) is 3.71. The summed E-state index contributed by atoms with van der Waals surface area (Å²) < 4.78 is 81.1. The Kier molecular flexibility index (Phi) is 5.86. The highest BCUT2D eigenvalue weighted by molar-refractivity contribution is 7.92. The molecule has 2 aromatic carbocycles. The van der Waals surface area contributed by atoms with Crippen LogP contribution < -0.4 is 0 Å². The maximum atomic E-state index is 14.7. The van der Waals surface area contributed by atoms with Crippen LogP contribution in [0.1, 0.15) is 18.9 Å². The minimum atomic E-state index is -4.86. The first-order chi connectivity index (χ1) is 13.4. The van der Waals surface area contributed by atoms with E-state index in [0.29, 0.717) is 0 Å². The van der Waals surface area contributed by atoms with Crippen molar-refractivity contribution < 1.29 is 25.6 Å². The molecule has 1 saturated heterocycles. The zero-order valence-corrected chi connectivity index (χ0v) is 17.8. The molecule has 158 valence electrons. The number of benzene rings is 2. The monoisotopic (exact) mass is 443 g/mol. The molecule has 0 radical (unpaired) electrons. The van der Waals surface area contributed by atoms with Crippen LogP contribution in [0.3, 0.4) is 0 Å². The van der Waals surface area contributed by atoms with Crippen LogP contribution >= 0.6 is 0 Å². The van der Waals surface area contributed by atoms with Crippen LogP contribution in [0, 0.1) is 18.8 Å². The van der Waals surface area contributed by atoms with Crippen LogP contribution in [0.4, 0.5) is 8.78 Å². The van der Waals surface area contributed by atoms with Crippen molar-refractivity contribution in [1.29, 1.82) is 0 Å². The van der Waals surface area contributed by atoms with Gasteiger partial charge in [0.2, 0.25) is 19.9 Å². The third-order valence-electron chi connectivity index (χ3n) is 5.34. The number of sulfonamides is 1. The lowest BCUT2D eigenvalue weighted by Crippen LogP contribution is -2.34. The van der Waals surface area contributed by atoms with E-state index in [1.165, 1.54) is 24.3 Å². The minimum Gasteiger partial charge on any atom is -0.217 e. The van der Waals surface area contributed by atoms with Crippen molar-refractivity contribution in [2.24, 2.45) is 11.8 Å². The molecule has 9 heteroatoms. The summed E-state index contributed by atoms with van der Waals surface area (Å²) in [6.07, 6.45) is -0.925. The molecule has 0 bridgehead atoms. The first kappa shape index (κ1) is 21.9. The summed E-state index contributed by atoms with van der Waals surface area (Å²) in [5, 5.41) is -3.99. The van der Waals surface area contributed by atoms with E-state index in [9.17, 15) is 25.6 Å². The highest BCUT2D eigenvalue weighted by Crippen LogP contribution is 2.40. The van der Waals surface area contributed by atoms with Crippen LogP contribution in [0.5, 0.6) is 0 Å². The highest BCUT2D eigenvalue weighted by atomic mass is 32.2. The Hall–Kier alpha value is -1.84. The first-order valence-corrected chi connectivity index (χ1v) is 12.1. The molecule has 2 atom stereocenters. The summed E-state index contributed by atoms with van der Waals surface area (Å²) in [6, 6.07) is 12.9. The number of alkyl halides is 2. The fourth-order valence-electron chi connectivity index (χ4n) is 3.49. The SMILES string of the molecule is Cc1ccc(S(=O)(=O)N2CC(C)C(CC(F)(F)S(=O)(=O)c3ccccc3)C2)cc1. The third kappa shape index (κ3) is 4.22. The summed E-state index contributed by atoms with van der Waals surface area (Å²) in [5.41, 5.74) is 0.905. The fourth-order valence-corrected chi connectivity index (χ4v) is 6.39. The second kappa shape index (κ2) is 7.77. The Morgan fingerprint density at radius 1 is 0.931 bits per heavy atom. The average molecular weight is 444 g/mol. The number of nitrogens with zero attached hydrogens (tertiary/aromatic N) is 1. The Balaban J connectivity index is 1.80. The van der Waals surface area contributed by atoms with E-state index in [4.69, 9.17) is 0 Å². The third-order valence-corrected chi connectivity index (χ3v) is 9.03. The van der Waals surface area contributed by atoms with E-state index in [1.54, 1.807) is 25.1 Å². The van der Waals surface area contributed by atoms with Crippen molar-refractivity contribution in [3.8, 4) is 0 Å². The van der Waals surface area contributed by atoms with Gasteiger partial charge in [0.25, 0.3) is 0 Å². The van der Waals surface area contributed by atoms with Crippen molar-refractivity contribution in [3.63, 3.8) is 0 Å². The van der Waals surface area contributed by atoms with Crippen LogP contribution in [-0.2, 0) is 19.9 Å². The minimum absolute atomic E-state index is 0.0718. The van der Waals surface area contributed by atoms with E-state index < -0.39 is 48.3 Å². The summed E-state index contributed by atoms with van der Waals surface area (Å²) in [7, 11) is -8.69. The standard InChI is InChI=1S/C20H23F2NO4S2/c1-15-8-10-19(11-9-15)29(26,27)23-13-16(2)17(14-23)12-20(21,22)28(24,25)18-6-4-3-5-7-18/h3-11,16-17H,12-14H2,1-2H3. The molecular weight excluding hydrogens is 420 g/mol. The largest absolute Gasteiger partial charge is 0.350 e. The molecule has 2 unspecified atom stereocenters. The van der Waals surface area contributed by atoms with Gasteiger partial charge in [0.1, 0.15) is 0 Å². The van der Waals surface area contributed by atoms with Crippen LogP contribution in [0.2, 0.25) is 0 Å². The van der Waals surface area contributed by atoms with E-state index in [-0.39, 0.29) is 18.0 Å². The normalized spacial score (nSPS) is 21.4. The van der Waals surface area contributed by atoms with Gasteiger partial charge >= 0.3 is 5.25 Å². The molecule has 5 nitrogen and oxygen atoms in total. The predicted molar refractivity (Wildman–Crippen MR) is 106 cm³/mol. The van der Waals surface area contributed by atoms with Gasteiger partial charge in [-0.1, -0.05) is 42.8 Å². The molecular formula is C20H23F2NO4S2. The zero-order chi connectivity index (χ0) is 21.4. The van der Waals surface area contributed by atoms with Crippen molar-refractivity contribution in [3.05, 3.63) is 60.2 Å². The summed E-state index contributed by atoms with van der Waals surface area (Å²) >= 11 is 0. The summed E-state index contributed by atoms with van der Waals surface area (Å²) in [6.45, 7) is 3.43. The molecule has 29 heavy (non-hydrogen) atoms. The zero-order valence-electron chi connectivity index (χ0n) is 16.1. The number of sulfone groups is 1. The Morgan fingerprint density at radius 3 is 2.10 bits per heavy atom. The second-order valence-corrected chi connectivity index (χ2v) is 11.5. The molecule has 0 saturated carbocycles. The molecule has 1 aliphatic heterocycles. The number of hydrogen-bond donors (Lipinski definition) is 0. The van der Waals surface area contributed by atoms with Crippen LogP contribution in [-0.4, -0.2) is 39.5 Å². The van der Waals surface area contributed by atoms with Crippen molar-refractivity contribution >= 4 is 19.9 Å². The van der Waals surface area contributed by atoms with Crippen molar-refractivity contribution in [2.75, 3.05) is 13.1 Å². The van der Waals surface area contributed by atoms with Gasteiger partial charge in [0, 0.05) is 19.5 Å². The number of hydrogen-bond acceptors (Lipinski definition) is 4. The molecule has 0 spiro atoms. The lowest BCUT2D eigenvalue weighted by molar-refractivity contribution is 0.0587. The van der Waals surface area contributed by atoms with E-state index in [1.807, 2.05) is 6.92 Å². The molecule has 3 rings (SSSR count). The number of rotatable bonds is 6. The topological polar surface area (TPSA) is 71.5 Å². The van der Waals surface area contributed by atoms with Gasteiger partial charge in [-0.3, -0.25) is 0 Å². The smallest absolute Gasteiger partial charge is 0.217 e.